The maximum absolute atomic E-state index is 10.2. The van der Waals surface area contributed by atoms with Crippen molar-refractivity contribution < 1.29 is 14.4 Å². The molecule has 1 aromatic rings. The van der Waals surface area contributed by atoms with E-state index in [9.17, 15) is 4.79 Å². The SMILES string of the molecule is CCCc1nc(CC(=O)O)no1. The van der Waals surface area contributed by atoms with Crippen LogP contribution in [-0.4, -0.2) is 21.2 Å². The molecule has 0 saturated heterocycles. The first-order chi connectivity index (χ1) is 5.72. The number of rotatable bonds is 4. The summed E-state index contributed by atoms with van der Waals surface area (Å²) in [6.45, 7) is 1.99. The minimum absolute atomic E-state index is 0.173. The Bertz CT molecular complexity index is 269. The van der Waals surface area contributed by atoms with E-state index < -0.39 is 5.97 Å². The van der Waals surface area contributed by atoms with Crippen molar-refractivity contribution in [1.82, 2.24) is 10.1 Å². The molecule has 12 heavy (non-hydrogen) atoms. The fraction of sp³-hybridized carbons (Fsp3) is 0.571. The van der Waals surface area contributed by atoms with Crippen LogP contribution in [0.5, 0.6) is 0 Å². The summed E-state index contributed by atoms with van der Waals surface area (Å²) in [5.74, 6) is -0.196. The number of carboxylic acid groups (broad SMARTS) is 1. The molecule has 0 aromatic carbocycles. The minimum Gasteiger partial charge on any atom is -0.481 e. The van der Waals surface area contributed by atoms with Crippen LogP contribution in [0.1, 0.15) is 25.1 Å². The van der Waals surface area contributed by atoms with Gasteiger partial charge in [-0.05, 0) is 6.42 Å². The summed E-state index contributed by atoms with van der Waals surface area (Å²) in [5, 5.41) is 11.9. The topological polar surface area (TPSA) is 76.2 Å². The number of aliphatic carboxylic acids is 1. The lowest BCUT2D eigenvalue weighted by atomic mass is 10.3. The normalized spacial score (nSPS) is 10.1. The van der Waals surface area contributed by atoms with E-state index in [0.29, 0.717) is 12.3 Å². The summed E-state index contributed by atoms with van der Waals surface area (Å²) >= 11 is 0. The average Bonchev–Trinajstić information content (AvgIpc) is 2.36. The fourth-order valence-electron chi connectivity index (χ4n) is 0.813. The lowest BCUT2D eigenvalue weighted by Crippen LogP contribution is -2.01. The second-order valence-corrected chi connectivity index (χ2v) is 2.42. The number of carbonyl (C=O) groups is 1. The molecule has 0 saturated carbocycles. The summed E-state index contributed by atoms with van der Waals surface area (Å²) in [5.41, 5.74) is 0. The Morgan fingerprint density at radius 1 is 1.67 bits per heavy atom. The second kappa shape index (κ2) is 3.85. The molecule has 0 aliphatic heterocycles. The molecular formula is C7H10N2O3. The standard InChI is InChI=1S/C7H10N2O3/c1-2-3-6-8-5(9-12-6)4-7(10)11/h2-4H2,1H3,(H,10,11). The number of aryl methyl sites for hydroxylation is 1. The van der Waals surface area contributed by atoms with Gasteiger partial charge in [-0.3, -0.25) is 4.79 Å². The summed E-state index contributed by atoms with van der Waals surface area (Å²) in [6.07, 6.45) is 1.44. The van der Waals surface area contributed by atoms with E-state index in [1.807, 2.05) is 6.92 Å². The molecule has 0 unspecified atom stereocenters. The van der Waals surface area contributed by atoms with Gasteiger partial charge in [0.1, 0.15) is 6.42 Å². The van der Waals surface area contributed by atoms with Crippen LogP contribution in [0.15, 0.2) is 4.52 Å². The van der Waals surface area contributed by atoms with Crippen LogP contribution < -0.4 is 0 Å². The van der Waals surface area contributed by atoms with Gasteiger partial charge in [0.15, 0.2) is 5.82 Å². The lowest BCUT2D eigenvalue weighted by molar-refractivity contribution is -0.136. The molecule has 1 heterocycles. The molecular weight excluding hydrogens is 160 g/mol. The Hall–Kier alpha value is -1.39. The lowest BCUT2D eigenvalue weighted by Gasteiger charge is -1.84. The first kappa shape index (κ1) is 8.70. The average molecular weight is 170 g/mol. The van der Waals surface area contributed by atoms with Crippen LogP contribution in [0.2, 0.25) is 0 Å². The Morgan fingerprint density at radius 3 is 3.00 bits per heavy atom. The molecule has 0 amide bonds. The largest absolute Gasteiger partial charge is 0.481 e. The first-order valence-electron chi connectivity index (χ1n) is 3.75. The highest BCUT2D eigenvalue weighted by atomic mass is 16.5. The zero-order chi connectivity index (χ0) is 8.97. The van der Waals surface area contributed by atoms with Crippen LogP contribution in [0.3, 0.4) is 0 Å². The van der Waals surface area contributed by atoms with Crippen LogP contribution in [-0.2, 0) is 17.6 Å². The third kappa shape index (κ3) is 2.34. The number of aromatic nitrogens is 2. The maximum atomic E-state index is 10.2. The molecule has 5 heteroatoms. The van der Waals surface area contributed by atoms with Gasteiger partial charge in [0, 0.05) is 6.42 Å². The quantitative estimate of drug-likeness (QED) is 0.717. The molecule has 1 N–H and O–H groups in total. The first-order valence-corrected chi connectivity index (χ1v) is 3.75. The third-order valence-electron chi connectivity index (χ3n) is 1.28. The predicted molar refractivity (Wildman–Crippen MR) is 39.6 cm³/mol. The van der Waals surface area contributed by atoms with Crippen LogP contribution in [0, 0.1) is 0 Å². The van der Waals surface area contributed by atoms with E-state index in [1.54, 1.807) is 0 Å². The predicted octanol–water partition coefficient (Wildman–Crippen LogP) is 0.649. The Morgan fingerprint density at radius 2 is 2.42 bits per heavy atom. The van der Waals surface area contributed by atoms with E-state index >= 15 is 0 Å². The minimum atomic E-state index is -0.946. The van der Waals surface area contributed by atoms with E-state index in [2.05, 4.69) is 10.1 Å². The molecule has 0 spiro atoms. The molecule has 0 atom stereocenters. The molecule has 66 valence electrons. The van der Waals surface area contributed by atoms with Gasteiger partial charge in [-0.25, -0.2) is 0 Å². The van der Waals surface area contributed by atoms with Gasteiger partial charge >= 0.3 is 5.97 Å². The van der Waals surface area contributed by atoms with Gasteiger partial charge < -0.3 is 9.63 Å². The molecule has 0 aliphatic rings. The Balaban J connectivity index is 2.58. The highest BCUT2D eigenvalue weighted by Crippen LogP contribution is 2.00. The molecule has 1 aromatic heterocycles. The Labute approximate surface area is 69.4 Å². The Kier molecular flexibility index (Phi) is 2.79. The number of nitrogens with zero attached hydrogens (tertiary/aromatic N) is 2. The number of hydrogen-bond donors (Lipinski definition) is 1. The van der Waals surface area contributed by atoms with Crippen molar-refractivity contribution in [1.29, 1.82) is 0 Å². The highest BCUT2D eigenvalue weighted by Gasteiger charge is 2.08. The van der Waals surface area contributed by atoms with Crippen molar-refractivity contribution in [2.24, 2.45) is 0 Å². The van der Waals surface area contributed by atoms with Crippen molar-refractivity contribution in [3.05, 3.63) is 11.7 Å². The smallest absolute Gasteiger partial charge is 0.311 e. The number of carboxylic acids is 1. The van der Waals surface area contributed by atoms with Gasteiger partial charge in [0.25, 0.3) is 0 Å². The molecule has 5 nitrogen and oxygen atoms in total. The second-order valence-electron chi connectivity index (χ2n) is 2.42. The third-order valence-corrected chi connectivity index (χ3v) is 1.28. The molecule has 0 radical (unpaired) electrons. The van der Waals surface area contributed by atoms with Crippen molar-refractivity contribution in [3.8, 4) is 0 Å². The van der Waals surface area contributed by atoms with Gasteiger partial charge in [-0.2, -0.15) is 4.98 Å². The summed E-state index contributed by atoms with van der Waals surface area (Å²) in [6, 6.07) is 0. The fourth-order valence-corrected chi connectivity index (χ4v) is 0.813. The zero-order valence-corrected chi connectivity index (χ0v) is 6.78. The van der Waals surface area contributed by atoms with Gasteiger partial charge in [-0.15, -0.1) is 0 Å². The van der Waals surface area contributed by atoms with E-state index in [4.69, 9.17) is 9.63 Å². The van der Waals surface area contributed by atoms with Crippen molar-refractivity contribution in [2.75, 3.05) is 0 Å². The molecule has 1 rings (SSSR count). The van der Waals surface area contributed by atoms with Crippen molar-refractivity contribution in [3.63, 3.8) is 0 Å². The molecule has 0 aliphatic carbocycles. The van der Waals surface area contributed by atoms with E-state index in [-0.39, 0.29) is 12.2 Å². The highest BCUT2D eigenvalue weighted by molar-refractivity contribution is 5.68. The zero-order valence-electron chi connectivity index (χ0n) is 6.78. The summed E-state index contributed by atoms with van der Waals surface area (Å²) in [7, 11) is 0. The van der Waals surface area contributed by atoms with Crippen molar-refractivity contribution >= 4 is 5.97 Å². The van der Waals surface area contributed by atoms with Crippen LogP contribution >= 0.6 is 0 Å². The van der Waals surface area contributed by atoms with E-state index in [1.165, 1.54) is 0 Å². The van der Waals surface area contributed by atoms with Crippen LogP contribution in [0.25, 0.3) is 0 Å². The van der Waals surface area contributed by atoms with Gasteiger partial charge in [0.2, 0.25) is 5.89 Å². The number of hydrogen-bond acceptors (Lipinski definition) is 4. The summed E-state index contributed by atoms with van der Waals surface area (Å²) in [4.78, 5) is 14.1. The summed E-state index contributed by atoms with van der Waals surface area (Å²) < 4.78 is 4.78. The molecule has 0 bridgehead atoms. The van der Waals surface area contributed by atoms with Gasteiger partial charge in [0.05, 0.1) is 0 Å². The van der Waals surface area contributed by atoms with Gasteiger partial charge in [-0.1, -0.05) is 12.1 Å². The van der Waals surface area contributed by atoms with Crippen LogP contribution in [0.4, 0.5) is 0 Å². The molecule has 0 fully saturated rings. The maximum Gasteiger partial charge on any atom is 0.311 e. The monoisotopic (exact) mass is 170 g/mol. The van der Waals surface area contributed by atoms with E-state index in [0.717, 1.165) is 6.42 Å². The van der Waals surface area contributed by atoms with Crippen molar-refractivity contribution in [2.45, 2.75) is 26.2 Å².